The number of rotatable bonds is 5. The van der Waals surface area contributed by atoms with Crippen molar-refractivity contribution < 1.29 is 9.59 Å². The molecule has 4 rings (SSSR count). The van der Waals surface area contributed by atoms with E-state index in [2.05, 4.69) is 51.8 Å². The van der Waals surface area contributed by atoms with Crippen LogP contribution in [-0.2, 0) is 17.6 Å². The Kier molecular flexibility index (Phi) is 6.69. The summed E-state index contributed by atoms with van der Waals surface area (Å²) in [5, 5.41) is 0. The van der Waals surface area contributed by atoms with Gasteiger partial charge < -0.3 is 4.90 Å². The molecule has 1 atom stereocenters. The van der Waals surface area contributed by atoms with E-state index < -0.39 is 0 Å². The van der Waals surface area contributed by atoms with Crippen molar-refractivity contribution in [1.29, 1.82) is 0 Å². The third-order valence-electron chi connectivity index (χ3n) is 6.02. The van der Waals surface area contributed by atoms with Crippen molar-refractivity contribution in [3.8, 4) is 0 Å². The molecule has 0 saturated carbocycles. The average Bonchev–Trinajstić information content (AvgIpc) is 3.20. The lowest BCUT2D eigenvalue weighted by molar-refractivity contribution is -0.122. The van der Waals surface area contributed by atoms with E-state index in [1.165, 1.54) is 22.5 Å². The zero-order valence-corrected chi connectivity index (χ0v) is 18.3. The number of fused-ring (bicyclic) bond motifs is 1. The number of anilines is 1. The Hall–Kier alpha value is -2.38. The highest BCUT2D eigenvalue weighted by Crippen LogP contribution is 2.32. The monoisotopic (exact) mass is 426 g/mol. The number of hydrogen-bond acceptors (Lipinski definition) is 5. The van der Waals surface area contributed by atoms with Gasteiger partial charge in [0.05, 0.1) is 4.88 Å². The average molecular weight is 427 g/mol. The van der Waals surface area contributed by atoms with Crippen LogP contribution in [0, 0.1) is 5.92 Å². The highest BCUT2D eigenvalue weighted by Gasteiger charge is 2.21. The van der Waals surface area contributed by atoms with Crippen molar-refractivity contribution in [2.45, 2.75) is 32.6 Å². The first-order valence-corrected chi connectivity index (χ1v) is 11.6. The normalized spacial score (nSPS) is 19.2. The van der Waals surface area contributed by atoms with Crippen LogP contribution in [0.25, 0.3) is 0 Å². The molecule has 2 N–H and O–H groups in total. The third-order valence-corrected chi connectivity index (χ3v) is 7.25. The first kappa shape index (κ1) is 20.9. The summed E-state index contributed by atoms with van der Waals surface area (Å²) < 4.78 is 0. The number of nitrogens with zero attached hydrogens (tertiary/aromatic N) is 2. The molecule has 0 spiro atoms. The highest BCUT2D eigenvalue weighted by molar-refractivity contribution is 7.14. The predicted octanol–water partition coefficient (Wildman–Crippen LogP) is 2.85. The second kappa shape index (κ2) is 9.62. The first-order chi connectivity index (χ1) is 14.6. The quantitative estimate of drug-likeness (QED) is 0.722. The largest absolute Gasteiger partial charge is 0.369 e. The second-order valence-electron chi connectivity index (χ2n) is 8.32. The summed E-state index contributed by atoms with van der Waals surface area (Å²) in [6.07, 6.45) is 3.66. The Bertz CT molecular complexity index is 875. The SMILES string of the molecule is CC1CCc2sc(C(=O)NNC(=O)CCN3CCN(c4ccccc4)CC3)cc2C1. The number of amides is 2. The lowest BCUT2D eigenvalue weighted by Gasteiger charge is -2.36. The number of hydrogen-bond donors (Lipinski definition) is 2. The van der Waals surface area contributed by atoms with Gasteiger partial charge in [-0.2, -0.15) is 0 Å². The van der Waals surface area contributed by atoms with Crippen molar-refractivity contribution in [2.24, 2.45) is 5.92 Å². The van der Waals surface area contributed by atoms with Crippen molar-refractivity contribution in [3.63, 3.8) is 0 Å². The molecule has 0 bridgehead atoms. The van der Waals surface area contributed by atoms with Crippen LogP contribution >= 0.6 is 11.3 Å². The van der Waals surface area contributed by atoms with Crippen LogP contribution in [0.15, 0.2) is 36.4 Å². The topological polar surface area (TPSA) is 64.7 Å². The number of para-hydroxylation sites is 1. The molecule has 1 unspecified atom stereocenters. The van der Waals surface area contributed by atoms with Crippen LogP contribution in [0.4, 0.5) is 5.69 Å². The molecule has 1 aliphatic carbocycles. The molecule has 2 heterocycles. The van der Waals surface area contributed by atoms with Gasteiger partial charge >= 0.3 is 0 Å². The minimum atomic E-state index is -0.216. The zero-order valence-electron chi connectivity index (χ0n) is 17.5. The van der Waals surface area contributed by atoms with Gasteiger partial charge in [-0.05, 0) is 48.9 Å². The van der Waals surface area contributed by atoms with Crippen molar-refractivity contribution in [3.05, 3.63) is 51.7 Å². The fraction of sp³-hybridized carbons (Fsp3) is 0.478. The van der Waals surface area contributed by atoms with Gasteiger partial charge in [0, 0.05) is 49.7 Å². The molecule has 2 amide bonds. The summed E-state index contributed by atoms with van der Waals surface area (Å²) in [6, 6.07) is 12.4. The van der Waals surface area contributed by atoms with Gasteiger partial charge in [-0.3, -0.25) is 25.3 Å². The maximum Gasteiger partial charge on any atom is 0.279 e. The number of aryl methyl sites for hydroxylation is 1. The van der Waals surface area contributed by atoms with Gasteiger partial charge in [0.25, 0.3) is 5.91 Å². The van der Waals surface area contributed by atoms with Crippen LogP contribution in [-0.4, -0.2) is 49.4 Å². The number of piperazine rings is 1. The van der Waals surface area contributed by atoms with Crippen molar-refractivity contribution in [1.82, 2.24) is 15.8 Å². The molecule has 2 aliphatic rings. The van der Waals surface area contributed by atoms with Crippen LogP contribution in [0.5, 0.6) is 0 Å². The number of nitrogens with one attached hydrogen (secondary N) is 2. The van der Waals surface area contributed by atoms with Crippen molar-refractivity contribution >= 4 is 28.8 Å². The Morgan fingerprint density at radius 2 is 1.87 bits per heavy atom. The molecule has 1 aromatic heterocycles. The van der Waals surface area contributed by atoms with Crippen LogP contribution in [0.1, 0.15) is 39.9 Å². The molecule has 1 fully saturated rings. The number of hydrazine groups is 1. The van der Waals surface area contributed by atoms with Crippen LogP contribution in [0.2, 0.25) is 0 Å². The summed E-state index contributed by atoms with van der Waals surface area (Å²) in [5.74, 6) is 0.313. The molecule has 0 radical (unpaired) electrons. The van der Waals surface area contributed by atoms with E-state index in [-0.39, 0.29) is 11.8 Å². The van der Waals surface area contributed by atoms with E-state index >= 15 is 0 Å². The maximum atomic E-state index is 12.4. The molecule has 1 aromatic carbocycles. The number of carbonyl (C=O) groups excluding carboxylic acids is 2. The predicted molar refractivity (Wildman–Crippen MR) is 121 cm³/mol. The van der Waals surface area contributed by atoms with E-state index in [9.17, 15) is 9.59 Å². The molecular formula is C23H30N4O2S. The van der Waals surface area contributed by atoms with E-state index in [0.29, 0.717) is 23.8 Å². The van der Waals surface area contributed by atoms with Gasteiger partial charge in [-0.25, -0.2) is 0 Å². The fourth-order valence-corrected chi connectivity index (χ4v) is 5.30. The smallest absolute Gasteiger partial charge is 0.279 e. The maximum absolute atomic E-state index is 12.4. The summed E-state index contributed by atoms with van der Waals surface area (Å²) >= 11 is 1.56. The number of thiophene rings is 1. The molecule has 160 valence electrons. The molecule has 1 saturated heterocycles. The van der Waals surface area contributed by atoms with Gasteiger partial charge in [0.2, 0.25) is 5.91 Å². The standard InChI is InChI=1S/C23H30N4O2S/c1-17-7-8-20-18(15-17)16-21(30-20)23(29)25-24-22(28)9-10-26-11-13-27(14-12-26)19-5-3-2-4-6-19/h2-6,16-17H,7-15H2,1H3,(H,24,28)(H,25,29). The molecule has 1 aliphatic heterocycles. The molecule has 2 aromatic rings. The zero-order chi connectivity index (χ0) is 20.9. The molecule has 30 heavy (non-hydrogen) atoms. The van der Waals surface area contributed by atoms with E-state index in [1.807, 2.05) is 12.1 Å². The summed E-state index contributed by atoms with van der Waals surface area (Å²) in [6.45, 7) is 6.76. The number of carbonyl (C=O) groups is 2. The van der Waals surface area contributed by atoms with E-state index in [0.717, 1.165) is 39.0 Å². The Morgan fingerprint density at radius 3 is 2.63 bits per heavy atom. The lowest BCUT2D eigenvalue weighted by Crippen LogP contribution is -2.48. The Balaban J connectivity index is 1.16. The highest BCUT2D eigenvalue weighted by atomic mass is 32.1. The lowest BCUT2D eigenvalue weighted by atomic mass is 9.90. The van der Waals surface area contributed by atoms with Crippen molar-refractivity contribution in [2.75, 3.05) is 37.6 Å². The third kappa shape index (κ3) is 5.21. The fourth-order valence-electron chi connectivity index (χ4n) is 4.20. The number of benzene rings is 1. The first-order valence-electron chi connectivity index (χ1n) is 10.8. The van der Waals surface area contributed by atoms with Gasteiger partial charge in [-0.1, -0.05) is 25.1 Å². The summed E-state index contributed by atoms with van der Waals surface area (Å²) in [7, 11) is 0. The second-order valence-corrected chi connectivity index (χ2v) is 9.46. The molecule has 7 heteroatoms. The summed E-state index contributed by atoms with van der Waals surface area (Å²) in [5.41, 5.74) is 7.70. The molecule has 6 nitrogen and oxygen atoms in total. The van der Waals surface area contributed by atoms with E-state index in [4.69, 9.17) is 0 Å². The van der Waals surface area contributed by atoms with E-state index in [1.54, 1.807) is 11.3 Å². The Labute approximate surface area is 182 Å². The minimum absolute atomic E-state index is 0.149. The summed E-state index contributed by atoms with van der Waals surface area (Å²) in [4.78, 5) is 31.3. The molecular weight excluding hydrogens is 396 g/mol. The minimum Gasteiger partial charge on any atom is -0.369 e. The Morgan fingerprint density at radius 1 is 1.10 bits per heavy atom. The van der Waals surface area contributed by atoms with Gasteiger partial charge in [0.15, 0.2) is 0 Å². The van der Waals surface area contributed by atoms with Gasteiger partial charge in [-0.15, -0.1) is 11.3 Å². The van der Waals surface area contributed by atoms with Crippen LogP contribution < -0.4 is 15.8 Å². The van der Waals surface area contributed by atoms with Crippen LogP contribution in [0.3, 0.4) is 0 Å². The van der Waals surface area contributed by atoms with Gasteiger partial charge in [0.1, 0.15) is 0 Å².